The first-order chi connectivity index (χ1) is 9.60. The molecule has 2 atom stereocenters. The molecule has 6 nitrogen and oxygen atoms in total. The van der Waals surface area contributed by atoms with Crippen molar-refractivity contribution in [3.05, 3.63) is 4.88 Å². The third-order valence-corrected chi connectivity index (χ3v) is 4.52. The number of anilines is 2. The number of hydrogen-bond donors (Lipinski definition) is 4. The van der Waals surface area contributed by atoms with Gasteiger partial charge in [0.2, 0.25) is 0 Å². The van der Waals surface area contributed by atoms with Crippen LogP contribution in [0.25, 0.3) is 0 Å². The Morgan fingerprint density at radius 3 is 3.05 bits per heavy atom. The first-order valence-corrected chi connectivity index (χ1v) is 7.88. The molecule has 20 heavy (non-hydrogen) atoms. The lowest BCUT2D eigenvalue weighted by Gasteiger charge is -2.25. The molecule has 0 bridgehead atoms. The summed E-state index contributed by atoms with van der Waals surface area (Å²) in [6.45, 7) is 3.30. The van der Waals surface area contributed by atoms with Crippen LogP contribution in [-0.2, 0) is 0 Å². The van der Waals surface area contributed by atoms with E-state index in [1.54, 1.807) is 0 Å². The van der Waals surface area contributed by atoms with Crippen LogP contribution in [-0.4, -0.2) is 35.2 Å². The SMILES string of the molecule is CCNc1nc(N)c(C(=O)NCC2CCCC(O)C2)s1. The van der Waals surface area contributed by atoms with Crippen molar-refractivity contribution in [2.24, 2.45) is 5.92 Å². The Kier molecular flexibility index (Phi) is 5.19. The van der Waals surface area contributed by atoms with E-state index in [0.717, 1.165) is 32.2 Å². The van der Waals surface area contributed by atoms with Crippen LogP contribution in [0.15, 0.2) is 0 Å². The molecule has 1 aliphatic carbocycles. The Morgan fingerprint density at radius 1 is 1.55 bits per heavy atom. The third-order valence-electron chi connectivity index (χ3n) is 3.49. The number of aromatic nitrogens is 1. The van der Waals surface area contributed by atoms with Crippen LogP contribution in [0.2, 0.25) is 0 Å². The van der Waals surface area contributed by atoms with E-state index in [1.165, 1.54) is 11.3 Å². The maximum Gasteiger partial charge on any atom is 0.265 e. The zero-order chi connectivity index (χ0) is 14.5. The molecule has 7 heteroatoms. The largest absolute Gasteiger partial charge is 0.393 e. The second kappa shape index (κ2) is 6.90. The molecular formula is C13H22N4O2S. The smallest absolute Gasteiger partial charge is 0.265 e. The molecule has 1 fully saturated rings. The van der Waals surface area contributed by atoms with Gasteiger partial charge in [0.05, 0.1) is 6.10 Å². The molecule has 1 heterocycles. The Hall–Kier alpha value is -1.34. The van der Waals surface area contributed by atoms with Gasteiger partial charge in [0.1, 0.15) is 10.7 Å². The van der Waals surface area contributed by atoms with Crippen molar-refractivity contribution in [1.29, 1.82) is 0 Å². The van der Waals surface area contributed by atoms with Crippen molar-refractivity contribution in [3.8, 4) is 0 Å². The highest BCUT2D eigenvalue weighted by Crippen LogP contribution is 2.26. The van der Waals surface area contributed by atoms with Gasteiger partial charge < -0.3 is 21.5 Å². The average molecular weight is 298 g/mol. The van der Waals surface area contributed by atoms with Gasteiger partial charge in [-0.3, -0.25) is 4.79 Å². The van der Waals surface area contributed by atoms with Crippen LogP contribution in [0.1, 0.15) is 42.3 Å². The summed E-state index contributed by atoms with van der Waals surface area (Å²) in [5.74, 6) is 0.446. The second-order valence-corrected chi connectivity index (χ2v) is 6.16. The fourth-order valence-corrected chi connectivity index (χ4v) is 3.36. The molecule has 1 aromatic rings. The molecule has 2 unspecified atom stereocenters. The minimum Gasteiger partial charge on any atom is -0.393 e. The number of carbonyl (C=O) groups is 1. The summed E-state index contributed by atoms with van der Waals surface area (Å²) in [5, 5.41) is 16.2. The number of amides is 1. The Bertz CT molecular complexity index is 463. The van der Waals surface area contributed by atoms with Gasteiger partial charge >= 0.3 is 0 Å². The number of rotatable bonds is 5. The van der Waals surface area contributed by atoms with Crippen molar-refractivity contribution in [3.63, 3.8) is 0 Å². The van der Waals surface area contributed by atoms with E-state index in [4.69, 9.17) is 5.73 Å². The van der Waals surface area contributed by atoms with Crippen molar-refractivity contribution in [1.82, 2.24) is 10.3 Å². The Balaban J connectivity index is 1.88. The summed E-state index contributed by atoms with van der Waals surface area (Å²) in [4.78, 5) is 16.7. The van der Waals surface area contributed by atoms with Gasteiger partial charge in [0, 0.05) is 13.1 Å². The van der Waals surface area contributed by atoms with E-state index in [2.05, 4.69) is 15.6 Å². The average Bonchev–Trinajstić information content (AvgIpc) is 2.78. The van der Waals surface area contributed by atoms with Crippen LogP contribution >= 0.6 is 11.3 Å². The number of thiazole rings is 1. The van der Waals surface area contributed by atoms with Crippen LogP contribution < -0.4 is 16.4 Å². The third kappa shape index (κ3) is 3.83. The zero-order valence-corrected chi connectivity index (χ0v) is 12.5. The lowest BCUT2D eigenvalue weighted by molar-refractivity contribution is 0.0877. The number of carbonyl (C=O) groups excluding carboxylic acids is 1. The molecular weight excluding hydrogens is 276 g/mol. The Morgan fingerprint density at radius 2 is 2.35 bits per heavy atom. The normalized spacial score (nSPS) is 22.5. The van der Waals surface area contributed by atoms with E-state index >= 15 is 0 Å². The predicted octanol–water partition coefficient (Wildman–Crippen LogP) is 1.44. The molecule has 0 aliphatic heterocycles. The van der Waals surface area contributed by atoms with Crippen molar-refractivity contribution in [2.75, 3.05) is 24.1 Å². The monoisotopic (exact) mass is 298 g/mol. The molecule has 1 amide bonds. The minimum absolute atomic E-state index is 0.177. The zero-order valence-electron chi connectivity index (χ0n) is 11.7. The summed E-state index contributed by atoms with van der Waals surface area (Å²) in [6, 6.07) is 0. The van der Waals surface area contributed by atoms with E-state index in [-0.39, 0.29) is 17.8 Å². The number of nitrogens with zero attached hydrogens (tertiary/aromatic N) is 1. The van der Waals surface area contributed by atoms with E-state index in [1.807, 2.05) is 6.92 Å². The summed E-state index contributed by atoms with van der Waals surface area (Å²) >= 11 is 1.27. The van der Waals surface area contributed by atoms with Crippen LogP contribution in [0.3, 0.4) is 0 Å². The van der Waals surface area contributed by atoms with E-state index in [0.29, 0.717) is 22.5 Å². The molecule has 0 spiro atoms. The molecule has 1 aliphatic rings. The molecule has 1 saturated carbocycles. The van der Waals surface area contributed by atoms with Gasteiger partial charge in [-0.25, -0.2) is 4.98 Å². The van der Waals surface area contributed by atoms with Gasteiger partial charge in [0.15, 0.2) is 5.13 Å². The second-order valence-electron chi connectivity index (χ2n) is 5.16. The maximum atomic E-state index is 12.1. The number of nitrogen functional groups attached to an aromatic ring is 1. The molecule has 5 N–H and O–H groups in total. The van der Waals surface area contributed by atoms with Crippen molar-refractivity contribution < 1.29 is 9.90 Å². The van der Waals surface area contributed by atoms with Crippen molar-refractivity contribution in [2.45, 2.75) is 38.7 Å². The maximum absolute atomic E-state index is 12.1. The highest BCUT2D eigenvalue weighted by atomic mass is 32.1. The van der Waals surface area contributed by atoms with Crippen LogP contribution in [0.4, 0.5) is 10.9 Å². The predicted molar refractivity (Wildman–Crippen MR) is 81.0 cm³/mol. The summed E-state index contributed by atoms with van der Waals surface area (Å²) in [7, 11) is 0. The van der Waals surface area contributed by atoms with Gasteiger partial charge in [-0.05, 0) is 32.1 Å². The fraction of sp³-hybridized carbons (Fsp3) is 0.692. The summed E-state index contributed by atoms with van der Waals surface area (Å²) < 4.78 is 0. The van der Waals surface area contributed by atoms with Gasteiger partial charge in [0.25, 0.3) is 5.91 Å². The first kappa shape index (κ1) is 15.1. The minimum atomic E-state index is -0.223. The number of nitrogens with two attached hydrogens (primary N) is 1. The lowest BCUT2D eigenvalue weighted by Crippen LogP contribution is -2.32. The number of aliphatic hydroxyl groups excluding tert-OH is 1. The highest BCUT2D eigenvalue weighted by molar-refractivity contribution is 7.18. The highest BCUT2D eigenvalue weighted by Gasteiger charge is 2.22. The molecule has 1 aromatic heterocycles. The fourth-order valence-electron chi connectivity index (χ4n) is 2.49. The van der Waals surface area contributed by atoms with E-state index in [9.17, 15) is 9.90 Å². The number of aliphatic hydroxyl groups is 1. The van der Waals surface area contributed by atoms with Gasteiger partial charge in [-0.2, -0.15) is 0 Å². The summed E-state index contributed by atoms with van der Waals surface area (Å²) in [5.41, 5.74) is 5.76. The summed E-state index contributed by atoms with van der Waals surface area (Å²) in [6.07, 6.45) is 3.49. The van der Waals surface area contributed by atoms with Crippen LogP contribution in [0, 0.1) is 5.92 Å². The molecule has 0 radical (unpaired) electrons. The number of nitrogens with one attached hydrogen (secondary N) is 2. The quantitative estimate of drug-likeness (QED) is 0.659. The lowest BCUT2D eigenvalue weighted by atomic mass is 9.87. The molecule has 0 saturated heterocycles. The van der Waals surface area contributed by atoms with Gasteiger partial charge in [-0.1, -0.05) is 17.8 Å². The topological polar surface area (TPSA) is 100 Å². The standard InChI is InChI=1S/C13H22N4O2S/c1-2-15-13-17-11(14)10(20-13)12(19)16-7-8-4-3-5-9(18)6-8/h8-9,18H,2-7,14H2,1H3,(H,15,17)(H,16,19). The Labute approximate surface area is 122 Å². The number of hydrogen-bond acceptors (Lipinski definition) is 6. The molecule has 112 valence electrons. The van der Waals surface area contributed by atoms with Crippen molar-refractivity contribution >= 4 is 28.2 Å². The van der Waals surface area contributed by atoms with Gasteiger partial charge in [-0.15, -0.1) is 0 Å². The molecule has 2 rings (SSSR count). The first-order valence-electron chi connectivity index (χ1n) is 7.06. The van der Waals surface area contributed by atoms with Crippen LogP contribution in [0.5, 0.6) is 0 Å². The van der Waals surface area contributed by atoms with E-state index < -0.39 is 0 Å². The molecule has 0 aromatic carbocycles.